The van der Waals surface area contributed by atoms with E-state index in [9.17, 15) is 9.59 Å². The van der Waals surface area contributed by atoms with Crippen molar-refractivity contribution >= 4 is 20.7 Å². The van der Waals surface area contributed by atoms with E-state index in [4.69, 9.17) is 22.8 Å². The van der Waals surface area contributed by atoms with E-state index in [1.54, 1.807) is 21.3 Å². The van der Waals surface area contributed by atoms with Gasteiger partial charge in [0.1, 0.15) is 0 Å². The molecule has 34 heavy (non-hydrogen) atoms. The van der Waals surface area contributed by atoms with Crippen molar-refractivity contribution in [2.24, 2.45) is 5.92 Å². The number of esters is 2. The summed E-state index contributed by atoms with van der Waals surface area (Å²) >= 11 is 0. The predicted molar refractivity (Wildman–Crippen MR) is 138 cm³/mol. The molecule has 0 aromatic carbocycles. The van der Waals surface area contributed by atoms with Gasteiger partial charge in [0.2, 0.25) is 0 Å². The maximum Gasteiger partial charge on any atom is 0.500 e. The molecule has 0 rings (SSSR count). The van der Waals surface area contributed by atoms with E-state index in [0.717, 1.165) is 63.7 Å². The fraction of sp³-hybridized carbons (Fsp3) is 0.923. The van der Waals surface area contributed by atoms with Crippen molar-refractivity contribution in [3.05, 3.63) is 0 Å². The molecular formula is C26H52O7Si. The fourth-order valence-corrected chi connectivity index (χ4v) is 5.80. The second-order valence-electron chi connectivity index (χ2n) is 9.02. The Hall–Kier alpha value is -0.963. The van der Waals surface area contributed by atoms with Gasteiger partial charge in [0.15, 0.2) is 0 Å². The highest BCUT2D eigenvalue weighted by molar-refractivity contribution is 6.60. The Balaban J connectivity index is 3.68. The summed E-state index contributed by atoms with van der Waals surface area (Å²) in [4.78, 5) is 23.5. The number of ether oxygens (including phenoxy) is 2. The van der Waals surface area contributed by atoms with Crippen LogP contribution < -0.4 is 0 Å². The average molecular weight is 505 g/mol. The summed E-state index contributed by atoms with van der Waals surface area (Å²) in [5.41, 5.74) is 0. The number of unbranched alkanes of at least 4 members (excludes halogenated alkanes) is 6. The number of rotatable bonds is 24. The van der Waals surface area contributed by atoms with Crippen molar-refractivity contribution in [3.8, 4) is 0 Å². The van der Waals surface area contributed by atoms with Gasteiger partial charge >= 0.3 is 20.7 Å². The molecule has 0 aromatic heterocycles. The Morgan fingerprint density at radius 1 is 0.647 bits per heavy atom. The van der Waals surface area contributed by atoms with Crippen LogP contribution in [0.1, 0.15) is 110 Å². The molecule has 0 amide bonds. The van der Waals surface area contributed by atoms with Crippen molar-refractivity contribution in [1.82, 2.24) is 0 Å². The first-order chi connectivity index (χ1) is 16.5. The molecule has 0 saturated carbocycles. The summed E-state index contributed by atoms with van der Waals surface area (Å²) in [6.45, 7) is 5.44. The molecule has 0 saturated heterocycles. The number of carbonyl (C=O) groups is 2. The molecule has 0 spiro atoms. The van der Waals surface area contributed by atoms with E-state index in [1.807, 2.05) is 0 Å². The summed E-state index contributed by atoms with van der Waals surface area (Å²) in [5, 5.41) is 0. The lowest BCUT2D eigenvalue weighted by molar-refractivity contribution is -0.144. The van der Waals surface area contributed by atoms with Crippen LogP contribution >= 0.6 is 0 Å². The van der Waals surface area contributed by atoms with Crippen LogP contribution in [-0.2, 0) is 32.3 Å². The van der Waals surface area contributed by atoms with Crippen molar-refractivity contribution < 1.29 is 32.3 Å². The molecule has 0 radical (unpaired) electrons. The first kappa shape index (κ1) is 33.0. The van der Waals surface area contributed by atoms with Gasteiger partial charge in [-0.2, -0.15) is 0 Å². The summed E-state index contributed by atoms with van der Waals surface area (Å²) < 4.78 is 26.8. The van der Waals surface area contributed by atoms with Gasteiger partial charge in [-0.05, 0) is 44.4 Å². The van der Waals surface area contributed by atoms with E-state index in [0.29, 0.717) is 32.1 Å². The smallest absolute Gasteiger partial charge is 0.466 e. The maximum atomic E-state index is 11.9. The zero-order valence-corrected chi connectivity index (χ0v) is 23.7. The van der Waals surface area contributed by atoms with Gasteiger partial charge in [0.25, 0.3) is 0 Å². The third-order valence-electron chi connectivity index (χ3n) is 6.40. The van der Waals surface area contributed by atoms with Crippen molar-refractivity contribution in [1.29, 1.82) is 0 Å². The van der Waals surface area contributed by atoms with Gasteiger partial charge in [0, 0.05) is 40.2 Å². The summed E-state index contributed by atoms with van der Waals surface area (Å²) in [7, 11) is 2.27. The monoisotopic (exact) mass is 504 g/mol. The molecule has 1 atom stereocenters. The Bertz CT molecular complexity index is 489. The van der Waals surface area contributed by atoms with E-state index >= 15 is 0 Å². The van der Waals surface area contributed by atoms with Crippen molar-refractivity contribution in [2.45, 2.75) is 116 Å². The molecule has 0 bridgehead atoms. The van der Waals surface area contributed by atoms with E-state index in [1.165, 1.54) is 25.7 Å². The molecule has 1 unspecified atom stereocenters. The van der Waals surface area contributed by atoms with Crippen LogP contribution in [-0.4, -0.2) is 55.3 Å². The van der Waals surface area contributed by atoms with E-state index in [-0.39, 0.29) is 11.9 Å². The van der Waals surface area contributed by atoms with Gasteiger partial charge < -0.3 is 22.8 Å². The summed E-state index contributed by atoms with van der Waals surface area (Å²) in [6.07, 6.45) is 14.5. The Labute approximate surface area is 210 Å². The van der Waals surface area contributed by atoms with Crippen LogP contribution in [0, 0.1) is 5.92 Å². The lowest BCUT2D eigenvalue weighted by Gasteiger charge is -2.24. The van der Waals surface area contributed by atoms with Gasteiger partial charge in [-0.1, -0.05) is 58.8 Å². The molecular weight excluding hydrogens is 452 g/mol. The lowest BCUT2D eigenvalue weighted by Crippen LogP contribution is -2.42. The fourth-order valence-electron chi connectivity index (χ4n) is 4.00. The molecule has 0 fully saturated rings. The Morgan fingerprint density at radius 2 is 1.15 bits per heavy atom. The van der Waals surface area contributed by atoms with Gasteiger partial charge in [-0.25, -0.2) is 0 Å². The highest BCUT2D eigenvalue weighted by Crippen LogP contribution is 2.20. The molecule has 0 aliphatic carbocycles. The molecule has 0 N–H and O–H groups in total. The molecule has 202 valence electrons. The number of carbonyl (C=O) groups excluding carboxylic acids is 2. The van der Waals surface area contributed by atoms with Gasteiger partial charge in [-0.3, -0.25) is 9.59 Å². The van der Waals surface area contributed by atoms with E-state index in [2.05, 4.69) is 13.8 Å². The maximum absolute atomic E-state index is 11.9. The zero-order chi connectivity index (χ0) is 25.5. The Kier molecular flexibility index (Phi) is 21.9. The van der Waals surface area contributed by atoms with Gasteiger partial charge in [-0.15, -0.1) is 0 Å². The molecule has 0 aliphatic heterocycles. The Morgan fingerprint density at radius 3 is 1.65 bits per heavy atom. The van der Waals surface area contributed by atoms with Crippen LogP contribution in [0.3, 0.4) is 0 Å². The molecule has 7 nitrogen and oxygen atoms in total. The number of hydrogen-bond acceptors (Lipinski definition) is 7. The quantitative estimate of drug-likeness (QED) is 0.0847. The minimum absolute atomic E-state index is 0.0486. The lowest BCUT2D eigenvalue weighted by atomic mass is 9.93. The first-order valence-electron chi connectivity index (χ1n) is 13.4. The third kappa shape index (κ3) is 17.5. The second-order valence-corrected chi connectivity index (χ2v) is 12.1. The summed E-state index contributed by atoms with van der Waals surface area (Å²) in [5.74, 6) is 0.546. The molecule has 0 aliphatic rings. The van der Waals surface area contributed by atoms with Gasteiger partial charge in [0.05, 0.1) is 13.2 Å². The highest BCUT2D eigenvalue weighted by atomic mass is 28.4. The molecule has 8 heteroatoms. The first-order valence-corrected chi connectivity index (χ1v) is 15.4. The van der Waals surface area contributed by atoms with E-state index < -0.39 is 8.80 Å². The number of hydrogen-bond donors (Lipinski definition) is 0. The molecule has 0 aromatic rings. The minimum atomic E-state index is -2.54. The zero-order valence-electron chi connectivity index (χ0n) is 22.7. The van der Waals surface area contributed by atoms with Crippen LogP contribution in [0.25, 0.3) is 0 Å². The predicted octanol–water partition coefficient (Wildman–Crippen LogP) is 6.46. The normalized spacial score (nSPS) is 12.5. The SMILES string of the molecule is CCCCCC(=O)OCCCCCC(CC)CCCCOC(=O)CCCC[Si](OC)(OC)OC. The van der Waals surface area contributed by atoms with Crippen molar-refractivity contribution in [2.75, 3.05) is 34.5 Å². The second kappa shape index (κ2) is 22.5. The van der Waals surface area contributed by atoms with Crippen LogP contribution in [0.15, 0.2) is 0 Å². The molecule has 0 heterocycles. The standard InChI is InChI=1S/C26H52O7Si/c1-6-8-10-19-25(27)32-21-14-9-11-17-24(7-2)18-12-15-22-33-26(28)20-13-16-23-34(29-3,30-4)31-5/h24H,6-23H2,1-5H3. The van der Waals surface area contributed by atoms with Crippen LogP contribution in [0.5, 0.6) is 0 Å². The topological polar surface area (TPSA) is 80.3 Å². The summed E-state index contributed by atoms with van der Waals surface area (Å²) in [6, 6.07) is 0.701. The average Bonchev–Trinajstić information content (AvgIpc) is 2.85. The largest absolute Gasteiger partial charge is 0.500 e. The van der Waals surface area contributed by atoms with Crippen LogP contribution in [0.2, 0.25) is 6.04 Å². The highest BCUT2D eigenvalue weighted by Gasteiger charge is 2.36. The third-order valence-corrected chi connectivity index (χ3v) is 9.23. The van der Waals surface area contributed by atoms with Crippen LogP contribution in [0.4, 0.5) is 0 Å². The van der Waals surface area contributed by atoms with Crippen molar-refractivity contribution in [3.63, 3.8) is 0 Å². The minimum Gasteiger partial charge on any atom is -0.466 e.